The van der Waals surface area contributed by atoms with Crippen molar-refractivity contribution in [2.75, 3.05) is 45.8 Å². The summed E-state index contributed by atoms with van der Waals surface area (Å²) >= 11 is 7.34. The van der Waals surface area contributed by atoms with E-state index in [4.69, 9.17) is 25.8 Å². The zero-order valence-electron chi connectivity index (χ0n) is 30.2. The lowest BCUT2D eigenvalue weighted by atomic mass is 9.77. The molecule has 5 heterocycles. The van der Waals surface area contributed by atoms with Crippen LogP contribution in [0.2, 0.25) is 0 Å². The Bertz CT molecular complexity index is 1900. The fraction of sp³-hybridized carbons (Fsp3) is 0.462. The predicted molar refractivity (Wildman–Crippen MR) is 198 cm³/mol. The number of carbonyl (C=O) groups is 1. The summed E-state index contributed by atoms with van der Waals surface area (Å²) in [6.45, 7) is 2.45. The number of alkyl halides is 3. The summed E-state index contributed by atoms with van der Waals surface area (Å²) in [5.74, 6) is 0.421. The Morgan fingerprint density at radius 3 is 2.54 bits per heavy atom. The number of dihydropyridines is 1. The lowest BCUT2D eigenvalue weighted by molar-refractivity contribution is -0.137. The van der Waals surface area contributed by atoms with E-state index in [-0.39, 0.29) is 36.2 Å². The number of ether oxygens (including phenoxy) is 3. The van der Waals surface area contributed by atoms with Crippen LogP contribution in [0.15, 0.2) is 71.4 Å². The second-order valence-corrected chi connectivity index (χ2v) is 14.4. The first kappa shape index (κ1) is 37.9. The van der Waals surface area contributed by atoms with Gasteiger partial charge in [0.05, 0.1) is 30.9 Å². The molecule has 1 aliphatic carbocycles. The van der Waals surface area contributed by atoms with Gasteiger partial charge in [-0.1, -0.05) is 29.8 Å². The summed E-state index contributed by atoms with van der Waals surface area (Å²) in [5.41, 5.74) is 2.67. The van der Waals surface area contributed by atoms with E-state index in [0.717, 1.165) is 53.2 Å². The Morgan fingerprint density at radius 1 is 1.04 bits per heavy atom. The molecule has 3 aliphatic heterocycles. The van der Waals surface area contributed by atoms with Gasteiger partial charge >= 0.3 is 6.18 Å². The molecule has 0 radical (unpaired) electrons. The van der Waals surface area contributed by atoms with Crippen LogP contribution in [0.3, 0.4) is 0 Å². The molecule has 2 fully saturated rings. The van der Waals surface area contributed by atoms with Gasteiger partial charge in [-0.2, -0.15) is 18.2 Å². The highest BCUT2D eigenvalue weighted by molar-refractivity contribution is 6.31. The number of hydrogen-bond donors (Lipinski definition) is 5. The number of halogens is 4. The van der Waals surface area contributed by atoms with Gasteiger partial charge in [-0.3, -0.25) is 9.78 Å². The van der Waals surface area contributed by atoms with Crippen LogP contribution in [-0.2, 0) is 38.9 Å². The summed E-state index contributed by atoms with van der Waals surface area (Å²) in [7, 11) is 3.01. The molecule has 288 valence electrons. The Kier molecular flexibility index (Phi) is 11.3. The lowest BCUT2D eigenvalue weighted by Crippen LogP contribution is -2.47. The molecule has 54 heavy (non-hydrogen) atoms. The van der Waals surface area contributed by atoms with Crippen LogP contribution in [0.1, 0.15) is 71.5 Å². The van der Waals surface area contributed by atoms with Crippen molar-refractivity contribution in [3.05, 3.63) is 105 Å². The van der Waals surface area contributed by atoms with Gasteiger partial charge in [0.2, 0.25) is 11.8 Å². The molecule has 0 spiro atoms. The zero-order chi connectivity index (χ0) is 37.9. The number of benzene rings is 1. The van der Waals surface area contributed by atoms with Crippen molar-refractivity contribution in [2.24, 2.45) is 0 Å². The number of aromatic nitrogens is 2. The second kappa shape index (κ2) is 16.2. The third kappa shape index (κ3) is 7.75. The first-order chi connectivity index (χ1) is 26.1. The van der Waals surface area contributed by atoms with Crippen LogP contribution in [0.4, 0.5) is 19.0 Å². The number of amides is 1. The normalized spacial score (nSPS) is 23.1. The van der Waals surface area contributed by atoms with E-state index < -0.39 is 23.3 Å². The topological polar surface area (TPSA) is 131 Å². The highest BCUT2D eigenvalue weighted by Gasteiger charge is 2.45. The number of fused-ring (bicyclic) bond motifs is 1. The molecule has 1 aromatic carbocycles. The Morgan fingerprint density at radius 2 is 1.83 bits per heavy atom. The fourth-order valence-electron chi connectivity index (χ4n) is 7.97. The van der Waals surface area contributed by atoms with Gasteiger partial charge < -0.3 is 40.8 Å². The summed E-state index contributed by atoms with van der Waals surface area (Å²) in [6, 6.07) is 10.5. The van der Waals surface area contributed by atoms with Gasteiger partial charge in [-0.05, 0) is 78.6 Å². The van der Waals surface area contributed by atoms with Crippen molar-refractivity contribution < 1.29 is 32.2 Å². The predicted octanol–water partition coefficient (Wildman–Crippen LogP) is 5.57. The molecule has 2 saturated heterocycles. The lowest BCUT2D eigenvalue weighted by Gasteiger charge is -2.41. The number of hydrogen-bond acceptors (Lipinski definition) is 10. The fourth-order valence-corrected chi connectivity index (χ4v) is 8.36. The largest absolute Gasteiger partial charge is 0.482 e. The smallest absolute Gasteiger partial charge is 0.419 e. The molecular weight excluding hydrogens is 723 g/mol. The highest BCUT2D eigenvalue weighted by Crippen LogP contribution is 2.48. The molecule has 15 heteroatoms. The third-order valence-electron chi connectivity index (χ3n) is 10.7. The minimum atomic E-state index is -4.66. The van der Waals surface area contributed by atoms with E-state index in [9.17, 15) is 18.0 Å². The molecule has 3 atom stereocenters. The van der Waals surface area contributed by atoms with Crippen molar-refractivity contribution in [3.8, 4) is 5.88 Å². The number of nitrogens with one attached hydrogen (secondary N) is 5. The number of anilines is 1. The minimum Gasteiger partial charge on any atom is -0.482 e. The molecule has 1 unspecified atom stereocenters. The van der Waals surface area contributed by atoms with Gasteiger partial charge in [-0.15, -0.1) is 0 Å². The quantitative estimate of drug-likeness (QED) is 0.151. The number of rotatable bonds is 13. The Balaban J connectivity index is 1.19. The number of methoxy groups -OCH3 is 2. The van der Waals surface area contributed by atoms with Crippen molar-refractivity contribution in [1.82, 2.24) is 31.2 Å². The van der Waals surface area contributed by atoms with Crippen molar-refractivity contribution in [3.63, 3.8) is 0 Å². The van der Waals surface area contributed by atoms with Gasteiger partial charge in [0.1, 0.15) is 11.4 Å². The maximum atomic E-state index is 14.7. The van der Waals surface area contributed by atoms with Crippen LogP contribution in [-0.4, -0.2) is 68.5 Å². The monoisotopic (exact) mass is 767 g/mol. The highest BCUT2D eigenvalue weighted by atomic mass is 35.5. The average molecular weight is 768 g/mol. The van der Waals surface area contributed by atoms with Crippen LogP contribution in [0.25, 0.3) is 0 Å². The van der Waals surface area contributed by atoms with Gasteiger partial charge in [0.25, 0.3) is 0 Å². The molecule has 1 amide bonds. The SMILES string of the molecule is COC1=C(CNC[C@H]2CCC(=O)N2)C=C(Cl)C(c2ccncc2)(c2cccc3c2CC[C@@H]3Nc2nc(OC)c(CNC3CCOCC3)cc2C(F)(F)F)N1. The number of pyridine rings is 2. The van der Waals surface area contributed by atoms with Gasteiger partial charge in [-0.25, -0.2) is 0 Å². The first-order valence-corrected chi connectivity index (χ1v) is 18.7. The van der Waals surface area contributed by atoms with Crippen molar-refractivity contribution in [1.29, 1.82) is 0 Å². The van der Waals surface area contributed by atoms with Gasteiger partial charge in [0, 0.05) is 74.9 Å². The third-order valence-corrected chi connectivity index (χ3v) is 11.1. The standard InChI is InChI=1S/C39H45ClF3N7O4/c1-52-36-23(21-46-26-12-16-54-17-13-26)18-31(39(41,42)43)35(49-36)48-32-8-7-28-29(32)4-3-5-30(28)38(25-10-14-44-15-11-25)33(40)19-24(37(50-38)53-2)20-45-22-27-6-9-34(51)47-27/h3-5,10-11,14-15,18-19,26-27,32,45-46,50H,6-9,12-13,16-17,20-22H2,1-2H3,(H,47,51)(H,48,49)/t27-,32+,38?/m1/s1. The maximum Gasteiger partial charge on any atom is 0.419 e. The molecule has 7 rings (SSSR count). The Labute approximate surface area is 317 Å². The van der Waals surface area contributed by atoms with E-state index in [0.29, 0.717) is 62.0 Å². The molecule has 5 N–H and O–H groups in total. The first-order valence-electron chi connectivity index (χ1n) is 18.3. The average Bonchev–Trinajstić information content (AvgIpc) is 3.79. The summed E-state index contributed by atoms with van der Waals surface area (Å²) in [4.78, 5) is 20.3. The summed E-state index contributed by atoms with van der Waals surface area (Å²) in [6.07, 6.45) is 4.58. The molecular formula is C39H45ClF3N7O4. The molecule has 0 bridgehead atoms. The van der Waals surface area contributed by atoms with E-state index in [1.807, 2.05) is 36.4 Å². The van der Waals surface area contributed by atoms with Crippen LogP contribution < -0.4 is 31.3 Å². The van der Waals surface area contributed by atoms with Crippen molar-refractivity contribution >= 4 is 23.3 Å². The number of nitrogens with zero attached hydrogens (tertiary/aromatic N) is 2. The molecule has 0 saturated carbocycles. The molecule has 3 aromatic rings. The van der Waals surface area contributed by atoms with Crippen LogP contribution in [0.5, 0.6) is 5.88 Å². The van der Waals surface area contributed by atoms with Crippen LogP contribution in [0, 0.1) is 0 Å². The minimum absolute atomic E-state index is 0.0553. The Hall–Kier alpha value is -4.37. The number of carbonyl (C=O) groups excluding carboxylic acids is 1. The molecule has 4 aliphatic rings. The van der Waals surface area contributed by atoms with E-state index >= 15 is 0 Å². The second-order valence-electron chi connectivity index (χ2n) is 14.0. The summed E-state index contributed by atoms with van der Waals surface area (Å²) < 4.78 is 60.9. The van der Waals surface area contributed by atoms with E-state index in [1.165, 1.54) is 7.11 Å². The van der Waals surface area contributed by atoms with Crippen molar-refractivity contribution in [2.45, 2.75) is 74.9 Å². The van der Waals surface area contributed by atoms with Crippen LogP contribution >= 0.6 is 11.6 Å². The molecule has 2 aromatic heterocycles. The van der Waals surface area contributed by atoms with Gasteiger partial charge in [0.15, 0.2) is 5.88 Å². The van der Waals surface area contributed by atoms with E-state index in [1.54, 1.807) is 19.5 Å². The molecule has 11 nitrogen and oxygen atoms in total. The zero-order valence-corrected chi connectivity index (χ0v) is 31.0. The summed E-state index contributed by atoms with van der Waals surface area (Å²) in [5, 5.41) is 17.0. The van der Waals surface area contributed by atoms with E-state index in [2.05, 4.69) is 36.6 Å². The maximum absolute atomic E-state index is 14.7.